The van der Waals surface area contributed by atoms with Crippen LogP contribution in [-0.4, -0.2) is 14.2 Å². The molecule has 0 unspecified atom stereocenters. The van der Waals surface area contributed by atoms with Crippen molar-refractivity contribution < 1.29 is 9.47 Å². The van der Waals surface area contributed by atoms with Gasteiger partial charge in [0.15, 0.2) is 0 Å². The number of methoxy groups -OCH3 is 2. The lowest BCUT2D eigenvalue weighted by Gasteiger charge is -2.11. The van der Waals surface area contributed by atoms with Gasteiger partial charge in [-0.25, -0.2) is 0 Å². The summed E-state index contributed by atoms with van der Waals surface area (Å²) in [6, 6.07) is 15.8. The van der Waals surface area contributed by atoms with Crippen LogP contribution < -0.4 is 9.47 Å². The molecule has 2 heteroatoms. The van der Waals surface area contributed by atoms with Crippen LogP contribution in [0.15, 0.2) is 48.5 Å². The van der Waals surface area contributed by atoms with Crippen LogP contribution in [-0.2, 0) is 0 Å². The number of hydrogen-bond acceptors (Lipinski definition) is 2. The minimum Gasteiger partial charge on any atom is -0.496 e. The molecule has 0 saturated carbocycles. The lowest BCUT2D eigenvalue weighted by Crippen LogP contribution is -1.90. The van der Waals surface area contributed by atoms with Gasteiger partial charge in [0.1, 0.15) is 11.5 Å². The number of ether oxygens (including phenoxy) is 2. The predicted molar refractivity (Wildman–Crippen MR) is 87.7 cm³/mol. The third kappa shape index (κ3) is 4.61. The summed E-state index contributed by atoms with van der Waals surface area (Å²) in [7, 11) is 3.35. The van der Waals surface area contributed by atoms with Crippen molar-refractivity contribution in [2.45, 2.75) is 27.7 Å². The van der Waals surface area contributed by atoms with Gasteiger partial charge < -0.3 is 9.47 Å². The first-order chi connectivity index (χ1) is 9.86. The largest absolute Gasteiger partial charge is 0.496 e. The van der Waals surface area contributed by atoms with Gasteiger partial charge in [0.25, 0.3) is 0 Å². The molecule has 0 aliphatic heterocycles. The Morgan fingerprint density at radius 1 is 0.550 bits per heavy atom. The van der Waals surface area contributed by atoms with Crippen LogP contribution in [0.25, 0.3) is 11.1 Å². The molecule has 0 atom stereocenters. The summed E-state index contributed by atoms with van der Waals surface area (Å²) >= 11 is 0. The van der Waals surface area contributed by atoms with Crippen molar-refractivity contribution in [3.05, 3.63) is 48.5 Å². The van der Waals surface area contributed by atoms with Gasteiger partial charge in [-0.1, -0.05) is 64.1 Å². The first-order valence-electron chi connectivity index (χ1n) is 7.13. The molecule has 2 aromatic rings. The Kier molecular flexibility index (Phi) is 9.85. The van der Waals surface area contributed by atoms with E-state index >= 15 is 0 Å². The van der Waals surface area contributed by atoms with E-state index in [0.717, 1.165) is 22.6 Å². The fourth-order valence-electron chi connectivity index (χ4n) is 1.73. The van der Waals surface area contributed by atoms with Gasteiger partial charge in [-0.15, -0.1) is 0 Å². The van der Waals surface area contributed by atoms with Gasteiger partial charge in [0.2, 0.25) is 0 Å². The highest BCUT2D eigenvalue weighted by Gasteiger charge is 2.08. The molecule has 0 aliphatic carbocycles. The van der Waals surface area contributed by atoms with Crippen LogP contribution in [0, 0.1) is 0 Å². The maximum Gasteiger partial charge on any atom is 0.126 e. The summed E-state index contributed by atoms with van der Waals surface area (Å²) in [6.07, 6.45) is 0. The zero-order valence-corrected chi connectivity index (χ0v) is 13.4. The van der Waals surface area contributed by atoms with Crippen LogP contribution in [0.1, 0.15) is 27.7 Å². The van der Waals surface area contributed by atoms with E-state index in [1.165, 1.54) is 0 Å². The van der Waals surface area contributed by atoms with E-state index in [9.17, 15) is 0 Å². The van der Waals surface area contributed by atoms with E-state index in [1.807, 2.05) is 76.2 Å². The third-order valence-corrected chi connectivity index (χ3v) is 2.50. The third-order valence-electron chi connectivity index (χ3n) is 2.50. The lowest BCUT2D eigenvalue weighted by atomic mass is 10.0. The first kappa shape index (κ1) is 18.0. The zero-order chi connectivity index (χ0) is 15.4. The molecule has 0 saturated heterocycles. The maximum atomic E-state index is 5.34. The van der Waals surface area contributed by atoms with E-state index in [-0.39, 0.29) is 0 Å². The highest BCUT2D eigenvalue weighted by molar-refractivity contribution is 5.75. The molecule has 0 N–H and O–H groups in total. The average Bonchev–Trinajstić information content (AvgIpc) is 2.58. The summed E-state index contributed by atoms with van der Waals surface area (Å²) in [5.41, 5.74) is 2.09. The monoisotopic (exact) mass is 274 g/mol. The Labute approximate surface area is 123 Å². The predicted octanol–water partition coefficient (Wildman–Crippen LogP) is 5.42. The summed E-state index contributed by atoms with van der Waals surface area (Å²) in [4.78, 5) is 0. The Bertz CT molecular complexity index is 433. The molecule has 0 aliphatic rings. The van der Waals surface area contributed by atoms with Crippen molar-refractivity contribution >= 4 is 0 Å². The topological polar surface area (TPSA) is 18.5 Å². The number of rotatable bonds is 3. The summed E-state index contributed by atoms with van der Waals surface area (Å²) in [6.45, 7) is 8.00. The van der Waals surface area contributed by atoms with E-state index < -0.39 is 0 Å². The second-order valence-electron chi connectivity index (χ2n) is 3.40. The van der Waals surface area contributed by atoms with Crippen molar-refractivity contribution in [3.63, 3.8) is 0 Å². The fraction of sp³-hybridized carbons (Fsp3) is 0.333. The van der Waals surface area contributed by atoms with Crippen molar-refractivity contribution in [2.24, 2.45) is 0 Å². The molecule has 0 spiro atoms. The minimum absolute atomic E-state index is 0.854. The molecule has 0 aromatic heterocycles. The Morgan fingerprint density at radius 3 is 1.15 bits per heavy atom. The quantitative estimate of drug-likeness (QED) is 0.743. The molecule has 20 heavy (non-hydrogen) atoms. The smallest absolute Gasteiger partial charge is 0.126 e. The average molecular weight is 274 g/mol. The number of benzene rings is 2. The van der Waals surface area contributed by atoms with Gasteiger partial charge in [0.05, 0.1) is 14.2 Å². The van der Waals surface area contributed by atoms with Crippen LogP contribution in [0.5, 0.6) is 11.5 Å². The van der Waals surface area contributed by atoms with Gasteiger partial charge in [-0.3, -0.25) is 0 Å². The van der Waals surface area contributed by atoms with Gasteiger partial charge in [-0.05, 0) is 12.1 Å². The van der Waals surface area contributed by atoms with E-state index in [0.29, 0.717) is 0 Å². The highest BCUT2D eigenvalue weighted by Crippen LogP contribution is 2.35. The Morgan fingerprint density at radius 2 is 0.850 bits per heavy atom. The van der Waals surface area contributed by atoms with Gasteiger partial charge >= 0.3 is 0 Å². The molecule has 0 fully saturated rings. The summed E-state index contributed by atoms with van der Waals surface area (Å²) < 4.78 is 10.7. The first-order valence-corrected chi connectivity index (χ1v) is 7.13. The zero-order valence-electron chi connectivity index (χ0n) is 13.4. The summed E-state index contributed by atoms with van der Waals surface area (Å²) in [5.74, 6) is 1.71. The number of para-hydroxylation sites is 2. The highest BCUT2D eigenvalue weighted by atomic mass is 16.5. The van der Waals surface area contributed by atoms with Crippen molar-refractivity contribution in [1.82, 2.24) is 0 Å². The molecule has 0 amide bonds. The molecule has 0 radical (unpaired) electrons. The molecule has 0 bridgehead atoms. The van der Waals surface area contributed by atoms with Gasteiger partial charge in [-0.2, -0.15) is 0 Å². The van der Waals surface area contributed by atoms with Crippen molar-refractivity contribution in [1.29, 1.82) is 0 Å². The molecule has 2 aromatic carbocycles. The van der Waals surface area contributed by atoms with Crippen molar-refractivity contribution in [3.8, 4) is 22.6 Å². The molecule has 110 valence electrons. The van der Waals surface area contributed by atoms with E-state index in [4.69, 9.17) is 9.47 Å². The Balaban J connectivity index is 0.000000829. The molecule has 2 nitrogen and oxygen atoms in total. The van der Waals surface area contributed by atoms with Crippen LogP contribution in [0.3, 0.4) is 0 Å². The SMILES string of the molecule is CC.CC.COc1ccccc1-c1ccccc1OC. The second kappa shape index (κ2) is 10.9. The van der Waals surface area contributed by atoms with Crippen LogP contribution in [0.4, 0.5) is 0 Å². The second-order valence-corrected chi connectivity index (χ2v) is 3.40. The van der Waals surface area contributed by atoms with E-state index in [1.54, 1.807) is 14.2 Å². The fourth-order valence-corrected chi connectivity index (χ4v) is 1.73. The normalized spacial score (nSPS) is 8.50. The van der Waals surface area contributed by atoms with Crippen LogP contribution >= 0.6 is 0 Å². The maximum absolute atomic E-state index is 5.34. The molecular weight excluding hydrogens is 248 g/mol. The molecular formula is C18H26O2. The molecule has 0 heterocycles. The number of hydrogen-bond donors (Lipinski definition) is 0. The summed E-state index contributed by atoms with van der Waals surface area (Å²) in [5, 5.41) is 0. The molecule has 2 rings (SSSR count). The minimum atomic E-state index is 0.854. The lowest BCUT2D eigenvalue weighted by molar-refractivity contribution is 0.410. The van der Waals surface area contributed by atoms with Crippen LogP contribution in [0.2, 0.25) is 0 Å². The standard InChI is InChI=1S/C14H14O2.2C2H6/c1-15-13-9-5-3-7-11(13)12-8-4-6-10-14(12)16-2;2*1-2/h3-10H,1-2H3;2*1-2H3. The Hall–Kier alpha value is -1.96. The van der Waals surface area contributed by atoms with E-state index in [2.05, 4.69) is 0 Å². The van der Waals surface area contributed by atoms with Crippen molar-refractivity contribution in [2.75, 3.05) is 14.2 Å². The van der Waals surface area contributed by atoms with Gasteiger partial charge in [0, 0.05) is 11.1 Å².